The SMILES string of the molecule is CNC(=S)C(=S)NCOCNC(=S)C(=S)NCO. The van der Waals surface area contributed by atoms with Crippen LogP contribution in [0.3, 0.4) is 0 Å². The summed E-state index contributed by atoms with van der Waals surface area (Å²) in [5.41, 5.74) is 0. The largest absolute Gasteiger partial charge is 0.377 e. The van der Waals surface area contributed by atoms with Crippen molar-refractivity contribution in [3.8, 4) is 0 Å². The molecule has 0 aromatic heterocycles. The van der Waals surface area contributed by atoms with Crippen molar-refractivity contribution >= 4 is 68.8 Å². The van der Waals surface area contributed by atoms with Gasteiger partial charge in [-0.25, -0.2) is 0 Å². The molecular formula is C8H14N4O2S4. The van der Waals surface area contributed by atoms with Crippen LogP contribution in [0.25, 0.3) is 0 Å². The Balaban J connectivity index is 3.63. The zero-order chi connectivity index (χ0) is 14.0. The molecule has 0 rings (SSSR count). The maximum absolute atomic E-state index is 8.57. The monoisotopic (exact) mass is 326 g/mol. The minimum atomic E-state index is -0.265. The van der Waals surface area contributed by atoms with Gasteiger partial charge in [-0.05, 0) is 0 Å². The standard InChI is InChI=1S/C8H14N4O2S4/c1-9-5(15)6(16)11-3-14-4-12-8(18)7(17)10-2-13/h13H,2-4H2,1H3,(H,9,15)(H,10,17)(H,11,16)(H,12,18). The Morgan fingerprint density at radius 2 is 1.33 bits per heavy atom. The maximum atomic E-state index is 8.57. The van der Waals surface area contributed by atoms with Gasteiger partial charge in [0.15, 0.2) is 0 Å². The fourth-order valence-electron chi connectivity index (χ4n) is 0.710. The molecule has 0 aromatic rings. The van der Waals surface area contributed by atoms with E-state index in [2.05, 4.69) is 21.3 Å². The number of hydrogen-bond acceptors (Lipinski definition) is 6. The highest BCUT2D eigenvalue weighted by molar-refractivity contribution is 7.89. The molecule has 0 aromatic carbocycles. The molecule has 0 saturated carbocycles. The van der Waals surface area contributed by atoms with Gasteiger partial charge in [0.25, 0.3) is 0 Å². The second kappa shape index (κ2) is 10.4. The lowest BCUT2D eigenvalue weighted by atomic mass is 10.6. The highest BCUT2D eigenvalue weighted by Gasteiger charge is 2.03. The second-order valence-electron chi connectivity index (χ2n) is 2.75. The highest BCUT2D eigenvalue weighted by atomic mass is 32.1. The van der Waals surface area contributed by atoms with E-state index in [1.165, 1.54) is 0 Å². The lowest BCUT2D eigenvalue weighted by Gasteiger charge is -2.11. The normalized spacial score (nSPS) is 9.22. The van der Waals surface area contributed by atoms with Crippen LogP contribution in [0, 0.1) is 0 Å². The van der Waals surface area contributed by atoms with Crippen molar-refractivity contribution in [3.63, 3.8) is 0 Å². The van der Waals surface area contributed by atoms with Gasteiger partial charge in [0.2, 0.25) is 0 Å². The molecule has 0 saturated heterocycles. The second-order valence-corrected chi connectivity index (χ2v) is 4.38. The van der Waals surface area contributed by atoms with Crippen LogP contribution in [0.1, 0.15) is 0 Å². The fourth-order valence-corrected chi connectivity index (χ4v) is 1.21. The van der Waals surface area contributed by atoms with Gasteiger partial charge < -0.3 is 31.1 Å². The van der Waals surface area contributed by atoms with Crippen LogP contribution in [0.2, 0.25) is 0 Å². The molecule has 10 heteroatoms. The first-order valence-electron chi connectivity index (χ1n) is 4.77. The predicted octanol–water partition coefficient (Wildman–Crippen LogP) is -0.834. The first-order chi connectivity index (χ1) is 8.52. The van der Waals surface area contributed by atoms with E-state index in [1.54, 1.807) is 7.05 Å². The van der Waals surface area contributed by atoms with Crippen LogP contribution in [-0.2, 0) is 4.74 Å². The van der Waals surface area contributed by atoms with Gasteiger partial charge in [-0.3, -0.25) is 0 Å². The number of aliphatic hydroxyl groups excluding tert-OH is 1. The van der Waals surface area contributed by atoms with Crippen molar-refractivity contribution in [2.45, 2.75) is 0 Å². The summed E-state index contributed by atoms with van der Waals surface area (Å²) in [5.74, 6) is 0. The maximum Gasteiger partial charge on any atom is 0.135 e. The molecule has 0 bridgehead atoms. The van der Waals surface area contributed by atoms with Crippen molar-refractivity contribution in [2.75, 3.05) is 27.2 Å². The lowest BCUT2D eigenvalue weighted by Crippen LogP contribution is -2.40. The fraction of sp³-hybridized carbons (Fsp3) is 0.500. The molecule has 6 nitrogen and oxygen atoms in total. The summed E-state index contributed by atoms with van der Waals surface area (Å²) in [4.78, 5) is 1.42. The number of hydrogen-bond donors (Lipinski definition) is 5. The first-order valence-corrected chi connectivity index (χ1v) is 6.40. The molecule has 0 fully saturated rings. The Bertz CT molecular complexity index is 337. The quantitative estimate of drug-likeness (QED) is 0.251. The van der Waals surface area contributed by atoms with Crippen molar-refractivity contribution in [2.24, 2.45) is 0 Å². The van der Waals surface area contributed by atoms with Gasteiger partial charge in [-0.15, -0.1) is 0 Å². The predicted molar refractivity (Wildman–Crippen MR) is 86.8 cm³/mol. The van der Waals surface area contributed by atoms with Crippen molar-refractivity contribution < 1.29 is 9.84 Å². The third kappa shape index (κ3) is 7.74. The van der Waals surface area contributed by atoms with Gasteiger partial charge >= 0.3 is 0 Å². The molecule has 0 unspecified atom stereocenters. The Labute approximate surface area is 127 Å². The summed E-state index contributed by atoms with van der Waals surface area (Å²) in [7, 11) is 1.69. The molecule has 0 aliphatic rings. The average Bonchev–Trinajstić information content (AvgIpc) is 2.37. The number of likely N-dealkylation sites (N-methyl/N-ethyl adjacent to an activating group) is 1. The van der Waals surface area contributed by atoms with E-state index in [0.29, 0.717) is 15.0 Å². The highest BCUT2D eigenvalue weighted by Crippen LogP contribution is 1.80. The Morgan fingerprint density at radius 1 is 0.889 bits per heavy atom. The van der Waals surface area contributed by atoms with E-state index in [0.717, 1.165) is 0 Å². The smallest absolute Gasteiger partial charge is 0.135 e. The summed E-state index contributed by atoms with van der Waals surface area (Å²) in [6, 6.07) is 0. The van der Waals surface area contributed by atoms with E-state index in [-0.39, 0.29) is 25.2 Å². The van der Waals surface area contributed by atoms with Crippen molar-refractivity contribution in [1.29, 1.82) is 0 Å². The first kappa shape index (κ1) is 17.5. The van der Waals surface area contributed by atoms with Crippen molar-refractivity contribution in [1.82, 2.24) is 21.3 Å². The number of nitrogens with one attached hydrogen (secondary N) is 4. The molecule has 0 aliphatic carbocycles. The Morgan fingerprint density at radius 3 is 1.78 bits per heavy atom. The minimum Gasteiger partial charge on any atom is -0.377 e. The van der Waals surface area contributed by atoms with Gasteiger partial charge in [0.1, 0.15) is 40.1 Å². The molecule has 18 heavy (non-hydrogen) atoms. The van der Waals surface area contributed by atoms with E-state index >= 15 is 0 Å². The molecule has 0 spiro atoms. The molecule has 0 atom stereocenters. The third-order valence-corrected chi connectivity index (χ3v) is 3.26. The number of thiocarbonyl (C=S) groups is 4. The number of rotatable bonds is 5. The Hall–Kier alpha value is -0.520. The van der Waals surface area contributed by atoms with Crippen molar-refractivity contribution in [3.05, 3.63) is 0 Å². The zero-order valence-electron chi connectivity index (χ0n) is 9.61. The molecular weight excluding hydrogens is 312 g/mol. The van der Waals surface area contributed by atoms with Crippen LogP contribution in [-0.4, -0.2) is 52.3 Å². The average molecular weight is 326 g/mol. The Kier molecular flexibility index (Phi) is 10.1. The molecule has 0 heterocycles. The van der Waals surface area contributed by atoms with E-state index in [4.69, 9.17) is 58.7 Å². The zero-order valence-corrected chi connectivity index (χ0v) is 12.9. The lowest BCUT2D eigenvalue weighted by molar-refractivity contribution is 0.125. The van der Waals surface area contributed by atoms with E-state index in [1.807, 2.05) is 0 Å². The van der Waals surface area contributed by atoms with E-state index < -0.39 is 0 Å². The minimum absolute atomic E-state index is 0.161. The van der Waals surface area contributed by atoms with Gasteiger partial charge in [-0.1, -0.05) is 48.9 Å². The van der Waals surface area contributed by atoms with E-state index in [9.17, 15) is 0 Å². The van der Waals surface area contributed by atoms with Gasteiger partial charge in [0, 0.05) is 7.05 Å². The van der Waals surface area contributed by atoms with Gasteiger partial charge in [-0.2, -0.15) is 0 Å². The molecule has 0 aliphatic heterocycles. The molecule has 0 amide bonds. The van der Waals surface area contributed by atoms with Crippen LogP contribution in [0.5, 0.6) is 0 Å². The molecule has 0 radical (unpaired) electrons. The topological polar surface area (TPSA) is 77.6 Å². The molecule has 5 N–H and O–H groups in total. The number of ether oxygens (including phenoxy) is 1. The summed E-state index contributed by atoms with van der Waals surface area (Å²) in [6.45, 7) is 0.0866. The van der Waals surface area contributed by atoms with Crippen LogP contribution < -0.4 is 21.3 Å². The summed E-state index contributed by atoms with van der Waals surface area (Å²) < 4.78 is 5.16. The third-order valence-electron chi connectivity index (χ3n) is 1.55. The van der Waals surface area contributed by atoms with Crippen LogP contribution in [0.4, 0.5) is 0 Å². The van der Waals surface area contributed by atoms with Crippen LogP contribution in [0.15, 0.2) is 0 Å². The summed E-state index contributed by atoms with van der Waals surface area (Å²) in [6.07, 6.45) is 0. The summed E-state index contributed by atoms with van der Waals surface area (Å²) >= 11 is 19.6. The summed E-state index contributed by atoms with van der Waals surface area (Å²) in [5, 5.41) is 19.3. The van der Waals surface area contributed by atoms with Gasteiger partial charge in [0.05, 0.1) is 0 Å². The number of aliphatic hydroxyl groups is 1. The van der Waals surface area contributed by atoms with Crippen LogP contribution >= 0.6 is 48.9 Å². The molecule has 102 valence electrons.